The van der Waals surface area contributed by atoms with Gasteiger partial charge in [0.15, 0.2) is 0 Å². The first-order chi connectivity index (χ1) is 11.9. The molecule has 0 aliphatic heterocycles. The number of alkyl halides is 6. The van der Waals surface area contributed by atoms with Crippen molar-refractivity contribution in [2.45, 2.75) is 18.6 Å². The van der Waals surface area contributed by atoms with Gasteiger partial charge in [-0.1, -0.05) is 24.3 Å². The van der Waals surface area contributed by atoms with Crippen molar-refractivity contribution in [2.75, 3.05) is 0 Å². The van der Waals surface area contributed by atoms with Gasteiger partial charge in [0.25, 0.3) is 0 Å². The highest BCUT2D eigenvalue weighted by molar-refractivity contribution is 5.80. The first-order valence-electron chi connectivity index (χ1n) is 6.89. The highest BCUT2D eigenvalue weighted by Gasteiger charge is 2.32. The molecule has 2 rings (SSSR count). The van der Waals surface area contributed by atoms with Gasteiger partial charge in [-0.2, -0.15) is 0 Å². The SMILES string of the molecule is O=C(O)C(c1ccc(OC(F)(F)F)cc1)c1ccc(OC(F)(F)F)cc1. The van der Waals surface area contributed by atoms with E-state index in [0.29, 0.717) is 0 Å². The molecule has 0 aliphatic carbocycles. The van der Waals surface area contributed by atoms with E-state index in [1.165, 1.54) is 0 Å². The number of hydrogen-bond acceptors (Lipinski definition) is 3. The lowest BCUT2D eigenvalue weighted by Crippen LogP contribution is -2.18. The molecule has 0 fully saturated rings. The third-order valence-electron chi connectivity index (χ3n) is 3.14. The summed E-state index contributed by atoms with van der Waals surface area (Å²) in [5, 5.41) is 9.37. The van der Waals surface area contributed by atoms with E-state index in [1.54, 1.807) is 0 Å². The summed E-state index contributed by atoms with van der Waals surface area (Å²) in [6.45, 7) is 0. The van der Waals surface area contributed by atoms with Crippen LogP contribution in [0.1, 0.15) is 17.0 Å². The van der Waals surface area contributed by atoms with Gasteiger partial charge < -0.3 is 14.6 Å². The summed E-state index contributed by atoms with van der Waals surface area (Å²) in [5.74, 6) is -3.69. The fraction of sp³-hybridized carbons (Fsp3) is 0.188. The molecule has 4 nitrogen and oxygen atoms in total. The van der Waals surface area contributed by atoms with Crippen molar-refractivity contribution < 1.29 is 45.7 Å². The Hall–Kier alpha value is -2.91. The van der Waals surface area contributed by atoms with Crippen LogP contribution in [0, 0.1) is 0 Å². The third kappa shape index (κ3) is 5.57. The van der Waals surface area contributed by atoms with Gasteiger partial charge in [-0.15, -0.1) is 26.3 Å². The molecule has 1 N–H and O–H groups in total. The lowest BCUT2D eigenvalue weighted by molar-refractivity contribution is -0.275. The molecular formula is C16H10F6O4. The van der Waals surface area contributed by atoms with Crippen molar-refractivity contribution in [1.82, 2.24) is 0 Å². The monoisotopic (exact) mass is 380 g/mol. The molecule has 0 spiro atoms. The van der Waals surface area contributed by atoms with E-state index >= 15 is 0 Å². The van der Waals surface area contributed by atoms with E-state index < -0.39 is 36.1 Å². The highest BCUT2D eigenvalue weighted by atomic mass is 19.4. The maximum atomic E-state index is 12.1. The normalized spacial score (nSPS) is 12.1. The first kappa shape index (κ1) is 19.4. The van der Waals surface area contributed by atoms with Gasteiger partial charge in [0, 0.05) is 0 Å². The van der Waals surface area contributed by atoms with Crippen LogP contribution in [0.3, 0.4) is 0 Å². The molecule has 0 bridgehead atoms. The second kappa shape index (κ2) is 7.14. The number of aliphatic carboxylic acids is 1. The maximum absolute atomic E-state index is 12.1. The van der Waals surface area contributed by atoms with Crippen LogP contribution in [-0.2, 0) is 4.79 Å². The standard InChI is InChI=1S/C16H10F6O4/c17-15(18,19)25-11-5-1-9(2-6-11)13(14(23)24)10-3-7-12(8-4-10)26-16(20,21)22/h1-8,13H,(H,23,24). The van der Waals surface area contributed by atoms with Crippen LogP contribution in [0.5, 0.6) is 11.5 Å². The molecule has 0 radical (unpaired) electrons. The average molecular weight is 380 g/mol. The van der Waals surface area contributed by atoms with Gasteiger partial charge in [-0.05, 0) is 35.4 Å². The number of hydrogen-bond donors (Lipinski definition) is 1. The van der Waals surface area contributed by atoms with Crippen LogP contribution in [0.15, 0.2) is 48.5 Å². The molecule has 0 atom stereocenters. The van der Waals surface area contributed by atoms with E-state index in [-0.39, 0.29) is 11.1 Å². The maximum Gasteiger partial charge on any atom is 0.573 e. The molecular weight excluding hydrogens is 370 g/mol. The lowest BCUT2D eigenvalue weighted by atomic mass is 9.91. The van der Waals surface area contributed by atoms with Crippen molar-refractivity contribution in [2.24, 2.45) is 0 Å². The number of carboxylic acid groups (broad SMARTS) is 1. The number of rotatable bonds is 5. The number of halogens is 6. The van der Waals surface area contributed by atoms with Gasteiger partial charge in [0.05, 0.1) is 0 Å². The molecule has 0 saturated carbocycles. The minimum atomic E-state index is -4.89. The second-order valence-electron chi connectivity index (χ2n) is 5.00. The van der Waals surface area contributed by atoms with E-state index in [2.05, 4.69) is 9.47 Å². The van der Waals surface area contributed by atoms with E-state index in [9.17, 15) is 36.2 Å². The minimum absolute atomic E-state index is 0.122. The van der Waals surface area contributed by atoms with E-state index in [4.69, 9.17) is 0 Å². The van der Waals surface area contributed by atoms with Crippen molar-refractivity contribution >= 4 is 5.97 Å². The van der Waals surface area contributed by atoms with Crippen LogP contribution >= 0.6 is 0 Å². The van der Waals surface area contributed by atoms with Crippen LogP contribution < -0.4 is 9.47 Å². The Morgan fingerprint density at radius 2 is 1.04 bits per heavy atom. The molecule has 0 amide bonds. The summed E-state index contributed by atoms with van der Waals surface area (Å²) < 4.78 is 80.2. The van der Waals surface area contributed by atoms with Gasteiger partial charge in [0.2, 0.25) is 0 Å². The Labute approximate surface area is 142 Å². The Balaban J connectivity index is 2.25. The van der Waals surface area contributed by atoms with E-state index in [1.807, 2.05) is 0 Å². The zero-order chi connectivity index (χ0) is 19.5. The average Bonchev–Trinajstić information content (AvgIpc) is 2.47. The molecule has 2 aromatic carbocycles. The fourth-order valence-corrected chi connectivity index (χ4v) is 2.20. The van der Waals surface area contributed by atoms with Crippen LogP contribution in [0.2, 0.25) is 0 Å². The molecule has 10 heteroatoms. The second-order valence-corrected chi connectivity index (χ2v) is 5.00. The Kier molecular flexibility index (Phi) is 5.33. The zero-order valence-electron chi connectivity index (χ0n) is 12.6. The molecule has 140 valence electrons. The Morgan fingerprint density at radius 1 is 0.731 bits per heavy atom. The fourth-order valence-electron chi connectivity index (χ4n) is 2.20. The molecule has 2 aromatic rings. The summed E-state index contributed by atoms with van der Waals surface area (Å²) in [5.41, 5.74) is 0.244. The zero-order valence-corrected chi connectivity index (χ0v) is 12.6. The molecule has 0 heterocycles. The molecule has 0 saturated heterocycles. The molecule has 0 aromatic heterocycles. The smallest absolute Gasteiger partial charge is 0.481 e. The van der Waals surface area contributed by atoms with Gasteiger partial charge in [-0.3, -0.25) is 4.79 Å². The van der Waals surface area contributed by atoms with Gasteiger partial charge in [0.1, 0.15) is 17.4 Å². The first-order valence-corrected chi connectivity index (χ1v) is 6.89. The van der Waals surface area contributed by atoms with Crippen molar-refractivity contribution in [3.63, 3.8) is 0 Å². The Bertz CT molecular complexity index is 691. The van der Waals surface area contributed by atoms with Gasteiger partial charge >= 0.3 is 18.7 Å². The van der Waals surface area contributed by atoms with Crippen molar-refractivity contribution in [1.29, 1.82) is 0 Å². The molecule has 26 heavy (non-hydrogen) atoms. The predicted octanol–water partition coefficient (Wildman–Crippen LogP) is 4.70. The summed E-state index contributed by atoms with van der Waals surface area (Å²) >= 11 is 0. The van der Waals surface area contributed by atoms with Crippen LogP contribution in [-0.4, -0.2) is 23.8 Å². The highest BCUT2D eigenvalue weighted by Crippen LogP contribution is 2.31. The van der Waals surface area contributed by atoms with Crippen molar-refractivity contribution in [3.05, 3.63) is 59.7 Å². The van der Waals surface area contributed by atoms with Crippen LogP contribution in [0.4, 0.5) is 26.3 Å². The number of carbonyl (C=O) groups is 1. The Morgan fingerprint density at radius 3 is 1.27 bits per heavy atom. The third-order valence-corrected chi connectivity index (χ3v) is 3.14. The largest absolute Gasteiger partial charge is 0.573 e. The van der Waals surface area contributed by atoms with Gasteiger partial charge in [-0.25, -0.2) is 0 Å². The van der Waals surface area contributed by atoms with Crippen molar-refractivity contribution in [3.8, 4) is 11.5 Å². The summed E-state index contributed by atoms with van der Waals surface area (Å²) in [6.07, 6.45) is -9.77. The molecule has 0 aliphatic rings. The molecule has 0 unspecified atom stereocenters. The summed E-state index contributed by atoms with van der Waals surface area (Å²) in [4.78, 5) is 11.5. The predicted molar refractivity (Wildman–Crippen MR) is 75.7 cm³/mol. The quantitative estimate of drug-likeness (QED) is 0.764. The number of ether oxygens (including phenoxy) is 2. The van der Waals surface area contributed by atoms with Crippen LogP contribution in [0.25, 0.3) is 0 Å². The lowest BCUT2D eigenvalue weighted by Gasteiger charge is -2.15. The summed E-state index contributed by atoms with van der Waals surface area (Å²) in [6, 6.07) is 8.28. The summed E-state index contributed by atoms with van der Waals surface area (Å²) in [7, 11) is 0. The van der Waals surface area contributed by atoms with E-state index in [0.717, 1.165) is 48.5 Å². The topological polar surface area (TPSA) is 55.8 Å². The number of benzene rings is 2. The minimum Gasteiger partial charge on any atom is -0.481 e. The number of carboxylic acids is 1.